The molecule has 2 atom stereocenters. The van der Waals surface area contributed by atoms with Crippen LogP contribution in [0.1, 0.15) is 16.7 Å². The van der Waals surface area contributed by atoms with E-state index in [-0.39, 0.29) is 12.0 Å². The summed E-state index contributed by atoms with van der Waals surface area (Å²) >= 11 is 0. The molecule has 128 valence electrons. The van der Waals surface area contributed by atoms with Crippen LogP contribution in [0.5, 0.6) is 0 Å². The number of pyridine rings is 1. The van der Waals surface area contributed by atoms with Gasteiger partial charge < -0.3 is 4.74 Å². The van der Waals surface area contributed by atoms with E-state index < -0.39 is 10.0 Å². The van der Waals surface area contributed by atoms with Crippen molar-refractivity contribution < 1.29 is 13.2 Å². The number of nitrogens with zero attached hydrogens (tertiary/aromatic N) is 1. The fourth-order valence-corrected chi connectivity index (χ4v) is 4.58. The third-order valence-corrected chi connectivity index (χ3v) is 5.73. The first-order valence-electron chi connectivity index (χ1n) is 8.01. The highest BCUT2D eigenvalue weighted by molar-refractivity contribution is 7.89. The second kappa shape index (κ2) is 7.01. The molecule has 3 rings (SSSR count). The zero-order chi connectivity index (χ0) is 17.2. The molecular weight excluding hydrogens is 324 g/mol. The summed E-state index contributed by atoms with van der Waals surface area (Å²) in [7, 11) is -3.56. The van der Waals surface area contributed by atoms with Gasteiger partial charge in [0.15, 0.2) is 0 Å². The number of nitrogens with one attached hydrogen (secondary N) is 1. The number of aromatic nitrogens is 1. The monoisotopic (exact) mass is 346 g/mol. The van der Waals surface area contributed by atoms with Crippen LogP contribution in [0.25, 0.3) is 0 Å². The van der Waals surface area contributed by atoms with Crippen molar-refractivity contribution in [2.45, 2.75) is 31.2 Å². The Labute approximate surface area is 143 Å². The van der Waals surface area contributed by atoms with E-state index in [1.165, 1.54) is 0 Å². The summed E-state index contributed by atoms with van der Waals surface area (Å²) < 4.78 is 33.8. The van der Waals surface area contributed by atoms with E-state index in [0.717, 1.165) is 23.1 Å². The lowest BCUT2D eigenvalue weighted by Gasteiger charge is -2.19. The zero-order valence-corrected chi connectivity index (χ0v) is 14.7. The minimum absolute atomic E-state index is 0.119. The van der Waals surface area contributed by atoms with Crippen LogP contribution in [0.2, 0.25) is 0 Å². The SMILES string of the molecule is Cc1cc(C)cc(S(=O)(=O)N[C@@H]2COC[C@H]2Cc2ccncc2)c1. The Hall–Kier alpha value is -1.76. The Balaban J connectivity index is 1.76. The molecule has 1 saturated heterocycles. The smallest absolute Gasteiger partial charge is 0.240 e. The van der Waals surface area contributed by atoms with E-state index in [0.29, 0.717) is 18.1 Å². The molecule has 0 bridgehead atoms. The predicted octanol–water partition coefficient (Wildman–Crippen LogP) is 2.23. The van der Waals surface area contributed by atoms with E-state index in [2.05, 4.69) is 9.71 Å². The van der Waals surface area contributed by atoms with Crippen molar-refractivity contribution in [1.82, 2.24) is 9.71 Å². The lowest BCUT2D eigenvalue weighted by molar-refractivity contribution is 0.183. The molecule has 24 heavy (non-hydrogen) atoms. The van der Waals surface area contributed by atoms with Gasteiger partial charge in [0.05, 0.1) is 24.2 Å². The fourth-order valence-electron chi connectivity index (χ4n) is 3.11. The predicted molar refractivity (Wildman–Crippen MR) is 92.3 cm³/mol. The third kappa shape index (κ3) is 4.01. The van der Waals surface area contributed by atoms with Gasteiger partial charge in [-0.1, -0.05) is 6.07 Å². The maximum absolute atomic E-state index is 12.7. The van der Waals surface area contributed by atoms with Gasteiger partial charge in [0.1, 0.15) is 0 Å². The normalized spacial score (nSPS) is 21.1. The summed E-state index contributed by atoms with van der Waals surface area (Å²) in [6.45, 7) is 4.76. The highest BCUT2D eigenvalue weighted by Gasteiger charge is 2.32. The molecule has 1 aromatic heterocycles. The van der Waals surface area contributed by atoms with Crippen molar-refractivity contribution in [3.63, 3.8) is 0 Å². The number of benzene rings is 1. The Kier molecular flexibility index (Phi) is 4.99. The maximum atomic E-state index is 12.7. The molecule has 5 nitrogen and oxygen atoms in total. The van der Waals surface area contributed by atoms with Gasteiger partial charge in [-0.2, -0.15) is 0 Å². The van der Waals surface area contributed by atoms with Crippen LogP contribution in [0.4, 0.5) is 0 Å². The number of ether oxygens (including phenoxy) is 1. The number of hydrogen-bond acceptors (Lipinski definition) is 4. The number of aryl methyl sites for hydroxylation is 2. The third-order valence-electron chi connectivity index (χ3n) is 4.26. The molecule has 0 saturated carbocycles. The molecule has 6 heteroatoms. The molecule has 0 amide bonds. The Bertz CT molecular complexity index is 786. The van der Waals surface area contributed by atoms with Crippen LogP contribution in [0.3, 0.4) is 0 Å². The van der Waals surface area contributed by atoms with Crippen LogP contribution in [-0.4, -0.2) is 32.7 Å². The first-order chi connectivity index (χ1) is 11.4. The van der Waals surface area contributed by atoms with Crippen LogP contribution < -0.4 is 4.72 Å². The van der Waals surface area contributed by atoms with Gasteiger partial charge in [-0.15, -0.1) is 0 Å². The second-order valence-corrected chi connectivity index (χ2v) is 8.12. The Morgan fingerprint density at radius 1 is 1.12 bits per heavy atom. The molecule has 0 aliphatic carbocycles. The van der Waals surface area contributed by atoms with E-state index in [1.807, 2.05) is 32.0 Å². The van der Waals surface area contributed by atoms with Gasteiger partial charge in [-0.05, 0) is 61.2 Å². The maximum Gasteiger partial charge on any atom is 0.240 e. The minimum atomic E-state index is -3.56. The summed E-state index contributed by atoms with van der Waals surface area (Å²) in [6, 6.07) is 9.04. The quantitative estimate of drug-likeness (QED) is 0.901. The largest absolute Gasteiger partial charge is 0.379 e. The van der Waals surface area contributed by atoms with Gasteiger partial charge in [-0.25, -0.2) is 13.1 Å². The van der Waals surface area contributed by atoms with Gasteiger partial charge in [0, 0.05) is 18.3 Å². The molecule has 0 spiro atoms. The summed E-state index contributed by atoms with van der Waals surface area (Å²) in [5.74, 6) is 0.119. The Morgan fingerprint density at radius 3 is 2.46 bits per heavy atom. The molecule has 1 N–H and O–H groups in total. The first-order valence-corrected chi connectivity index (χ1v) is 9.49. The fraction of sp³-hybridized carbons (Fsp3) is 0.389. The van der Waals surface area contributed by atoms with Crippen molar-refractivity contribution in [3.05, 3.63) is 59.4 Å². The molecule has 1 aliphatic heterocycles. The summed E-state index contributed by atoms with van der Waals surface area (Å²) in [5.41, 5.74) is 3.01. The first kappa shape index (κ1) is 17.1. The van der Waals surface area contributed by atoms with Crippen molar-refractivity contribution >= 4 is 10.0 Å². The minimum Gasteiger partial charge on any atom is -0.379 e. The lowest BCUT2D eigenvalue weighted by Crippen LogP contribution is -2.40. The van der Waals surface area contributed by atoms with Crippen molar-refractivity contribution in [3.8, 4) is 0 Å². The summed E-state index contributed by atoms with van der Waals surface area (Å²) in [6.07, 6.45) is 4.27. The molecule has 1 aliphatic rings. The highest BCUT2D eigenvalue weighted by Crippen LogP contribution is 2.22. The lowest BCUT2D eigenvalue weighted by atomic mass is 9.96. The topological polar surface area (TPSA) is 68.3 Å². The van der Waals surface area contributed by atoms with E-state index in [1.54, 1.807) is 24.5 Å². The standard InChI is InChI=1S/C18H22N2O3S/c1-13-7-14(2)9-17(8-13)24(21,22)20-18-12-23-11-16(18)10-15-3-5-19-6-4-15/h3-9,16,18,20H,10-12H2,1-2H3/t16-,18-/m1/s1. The van der Waals surface area contributed by atoms with Crippen molar-refractivity contribution in [2.24, 2.45) is 5.92 Å². The van der Waals surface area contributed by atoms with Crippen molar-refractivity contribution in [2.75, 3.05) is 13.2 Å². The molecule has 1 aromatic carbocycles. The zero-order valence-electron chi connectivity index (χ0n) is 13.9. The summed E-state index contributed by atoms with van der Waals surface area (Å²) in [4.78, 5) is 4.33. The van der Waals surface area contributed by atoms with E-state index >= 15 is 0 Å². The van der Waals surface area contributed by atoms with Gasteiger partial charge >= 0.3 is 0 Å². The van der Waals surface area contributed by atoms with Crippen LogP contribution in [0.15, 0.2) is 47.6 Å². The summed E-state index contributed by atoms with van der Waals surface area (Å²) in [5, 5.41) is 0. The molecule has 0 unspecified atom stereocenters. The average Bonchev–Trinajstić information content (AvgIpc) is 2.93. The van der Waals surface area contributed by atoms with Gasteiger partial charge in [0.2, 0.25) is 10.0 Å². The van der Waals surface area contributed by atoms with Crippen LogP contribution >= 0.6 is 0 Å². The number of hydrogen-bond donors (Lipinski definition) is 1. The molecule has 0 radical (unpaired) electrons. The average molecular weight is 346 g/mol. The highest BCUT2D eigenvalue weighted by atomic mass is 32.2. The number of rotatable bonds is 5. The van der Waals surface area contributed by atoms with Gasteiger partial charge in [-0.3, -0.25) is 4.98 Å². The second-order valence-electron chi connectivity index (χ2n) is 6.41. The van der Waals surface area contributed by atoms with Crippen molar-refractivity contribution in [1.29, 1.82) is 0 Å². The molecule has 1 fully saturated rings. The van der Waals surface area contributed by atoms with Gasteiger partial charge in [0.25, 0.3) is 0 Å². The molecule has 2 heterocycles. The molecule has 2 aromatic rings. The molecular formula is C18H22N2O3S. The van der Waals surface area contributed by atoms with E-state index in [4.69, 9.17) is 4.74 Å². The van der Waals surface area contributed by atoms with E-state index in [9.17, 15) is 8.42 Å². The van der Waals surface area contributed by atoms with Crippen LogP contribution in [0, 0.1) is 19.8 Å². The Morgan fingerprint density at radius 2 is 1.79 bits per heavy atom. The van der Waals surface area contributed by atoms with Crippen LogP contribution in [-0.2, 0) is 21.2 Å². The number of sulfonamides is 1.